The fourth-order valence-corrected chi connectivity index (χ4v) is 2.37. The second-order valence-electron chi connectivity index (χ2n) is 4.75. The van der Waals surface area contributed by atoms with E-state index >= 15 is 0 Å². The average molecular weight is 269 g/mol. The molecule has 2 rings (SSSR count). The zero-order valence-corrected chi connectivity index (χ0v) is 10.2. The summed E-state index contributed by atoms with van der Waals surface area (Å²) in [4.78, 5) is 45.8. The molecule has 1 saturated heterocycles. The van der Waals surface area contributed by atoms with Gasteiger partial charge in [0.15, 0.2) is 0 Å². The van der Waals surface area contributed by atoms with E-state index in [9.17, 15) is 19.2 Å². The molecule has 0 aromatic rings. The van der Waals surface area contributed by atoms with Crippen molar-refractivity contribution in [3.63, 3.8) is 0 Å². The van der Waals surface area contributed by atoms with Crippen molar-refractivity contribution >= 4 is 23.8 Å². The third-order valence-corrected chi connectivity index (χ3v) is 3.39. The minimum atomic E-state index is -0.856. The quantitative estimate of drug-likeness (QED) is 0.561. The van der Waals surface area contributed by atoms with Gasteiger partial charge in [-0.05, 0) is 19.3 Å². The van der Waals surface area contributed by atoms with Gasteiger partial charge in [-0.1, -0.05) is 0 Å². The number of carbonyl (C=O) groups excluding carboxylic acids is 3. The fourth-order valence-electron chi connectivity index (χ4n) is 2.37. The van der Waals surface area contributed by atoms with Gasteiger partial charge in [-0.2, -0.15) is 0 Å². The van der Waals surface area contributed by atoms with Gasteiger partial charge in [-0.3, -0.25) is 19.3 Å². The number of hydrogen-bond acceptors (Lipinski definition) is 4. The number of carboxylic acid groups (broad SMARTS) is 1. The molecule has 0 bridgehead atoms. The summed E-state index contributed by atoms with van der Waals surface area (Å²) in [6.45, 7) is -0.407. The molecular weight excluding hydrogens is 254 g/mol. The topological polar surface area (TPSA) is 116 Å². The lowest BCUT2D eigenvalue weighted by molar-refractivity contribution is -0.141. The number of nitrogens with one attached hydrogen (secondary N) is 2. The van der Waals surface area contributed by atoms with Crippen LogP contribution in [-0.4, -0.2) is 53.0 Å². The van der Waals surface area contributed by atoms with Crippen LogP contribution in [0.25, 0.3) is 0 Å². The summed E-state index contributed by atoms with van der Waals surface area (Å²) < 4.78 is 0. The smallest absolute Gasteiger partial charge is 0.325 e. The van der Waals surface area contributed by atoms with Crippen LogP contribution in [0.2, 0.25) is 0 Å². The number of carboxylic acids is 1. The first-order valence-electron chi connectivity index (χ1n) is 6.07. The molecule has 2 fully saturated rings. The third-order valence-electron chi connectivity index (χ3n) is 3.39. The summed E-state index contributed by atoms with van der Waals surface area (Å²) in [5, 5.41) is 13.8. The van der Waals surface area contributed by atoms with Gasteiger partial charge < -0.3 is 15.7 Å². The Morgan fingerprint density at radius 3 is 2.63 bits per heavy atom. The van der Waals surface area contributed by atoms with Crippen molar-refractivity contribution in [1.29, 1.82) is 0 Å². The third kappa shape index (κ3) is 3.01. The first-order chi connectivity index (χ1) is 8.97. The van der Waals surface area contributed by atoms with Gasteiger partial charge >= 0.3 is 12.0 Å². The van der Waals surface area contributed by atoms with Crippen LogP contribution in [0, 0.1) is 5.92 Å². The molecule has 8 heteroatoms. The van der Waals surface area contributed by atoms with E-state index in [2.05, 4.69) is 10.6 Å². The minimum Gasteiger partial charge on any atom is -0.481 e. The molecule has 3 N–H and O–H groups in total. The van der Waals surface area contributed by atoms with Crippen molar-refractivity contribution in [2.24, 2.45) is 5.92 Å². The molecule has 2 atom stereocenters. The van der Waals surface area contributed by atoms with Gasteiger partial charge in [0.2, 0.25) is 5.91 Å². The number of amides is 4. The molecule has 4 amide bonds. The Balaban J connectivity index is 1.81. The number of imide groups is 1. The van der Waals surface area contributed by atoms with Gasteiger partial charge in [0, 0.05) is 6.04 Å². The molecule has 1 heterocycles. The van der Waals surface area contributed by atoms with Crippen molar-refractivity contribution in [2.45, 2.75) is 25.3 Å². The number of aliphatic carboxylic acids is 1. The zero-order valence-electron chi connectivity index (χ0n) is 10.2. The Morgan fingerprint density at radius 1 is 1.37 bits per heavy atom. The highest BCUT2D eigenvalue weighted by Gasteiger charge is 2.33. The number of hydrogen-bond donors (Lipinski definition) is 3. The molecule has 8 nitrogen and oxygen atoms in total. The van der Waals surface area contributed by atoms with Crippen LogP contribution in [-0.2, 0) is 14.4 Å². The molecule has 1 aliphatic heterocycles. The second kappa shape index (κ2) is 5.25. The Bertz CT molecular complexity index is 420. The van der Waals surface area contributed by atoms with E-state index in [0.717, 1.165) is 4.90 Å². The van der Waals surface area contributed by atoms with Crippen molar-refractivity contribution in [3.05, 3.63) is 0 Å². The highest BCUT2D eigenvalue weighted by molar-refractivity contribution is 6.04. The maximum Gasteiger partial charge on any atom is 0.325 e. The fraction of sp³-hybridized carbons (Fsp3) is 0.636. The molecule has 2 unspecified atom stereocenters. The lowest BCUT2D eigenvalue weighted by atomic mass is 10.1. The van der Waals surface area contributed by atoms with Crippen molar-refractivity contribution < 1.29 is 24.3 Å². The molecule has 0 spiro atoms. The largest absolute Gasteiger partial charge is 0.481 e. The summed E-state index contributed by atoms with van der Waals surface area (Å²) in [5.41, 5.74) is 0. The van der Waals surface area contributed by atoms with Gasteiger partial charge in [-0.15, -0.1) is 0 Å². The van der Waals surface area contributed by atoms with E-state index in [0.29, 0.717) is 19.3 Å². The number of carbonyl (C=O) groups is 4. The van der Waals surface area contributed by atoms with E-state index < -0.39 is 29.7 Å². The van der Waals surface area contributed by atoms with E-state index in [1.807, 2.05) is 0 Å². The first kappa shape index (κ1) is 13.3. The van der Waals surface area contributed by atoms with Crippen molar-refractivity contribution in [2.75, 3.05) is 13.1 Å². The maximum absolute atomic E-state index is 11.7. The Hall–Kier alpha value is -2.12. The molecule has 2 aliphatic rings. The highest BCUT2D eigenvalue weighted by Crippen LogP contribution is 2.25. The molecule has 0 aromatic carbocycles. The molecule has 0 radical (unpaired) electrons. The predicted molar refractivity (Wildman–Crippen MR) is 62.0 cm³/mol. The highest BCUT2D eigenvalue weighted by atomic mass is 16.4. The Kier molecular flexibility index (Phi) is 3.68. The maximum atomic E-state index is 11.7. The minimum absolute atomic E-state index is 0.0867. The van der Waals surface area contributed by atoms with Gasteiger partial charge in [0.05, 0.1) is 12.5 Å². The van der Waals surface area contributed by atoms with Gasteiger partial charge in [-0.25, -0.2) is 4.79 Å². The Labute approximate surface area is 109 Å². The van der Waals surface area contributed by atoms with Gasteiger partial charge in [0.1, 0.15) is 6.54 Å². The van der Waals surface area contributed by atoms with Gasteiger partial charge in [0.25, 0.3) is 5.91 Å². The van der Waals surface area contributed by atoms with Crippen LogP contribution in [0.4, 0.5) is 4.79 Å². The summed E-state index contributed by atoms with van der Waals surface area (Å²) in [5.74, 6) is -2.16. The molecule has 1 aliphatic carbocycles. The van der Waals surface area contributed by atoms with Crippen molar-refractivity contribution in [1.82, 2.24) is 15.5 Å². The number of urea groups is 1. The van der Waals surface area contributed by atoms with Crippen LogP contribution in [0.1, 0.15) is 19.3 Å². The van der Waals surface area contributed by atoms with E-state index in [4.69, 9.17) is 5.11 Å². The average Bonchev–Trinajstić information content (AvgIpc) is 2.91. The van der Waals surface area contributed by atoms with Crippen LogP contribution >= 0.6 is 0 Å². The van der Waals surface area contributed by atoms with E-state index in [-0.39, 0.29) is 19.1 Å². The Morgan fingerprint density at radius 2 is 2.11 bits per heavy atom. The molecular formula is C11H15N3O5. The molecule has 1 saturated carbocycles. The summed E-state index contributed by atoms with van der Waals surface area (Å²) in [6.07, 6.45) is 1.52. The molecule has 0 aromatic heterocycles. The number of rotatable bonds is 4. The SMILES string of the molecule is O=C(CN1C(=O)CNC1=O)NC1CCC(C(=O)O)C1. The molecule has 19 heavy (non-hydrogen) atoms. The standard InChI is InChI=1S/C11H15N3O5/c15-8(5-14-9(16)4-12-11(14)19)13-7-2-1-6(3-7)10(17)18/h6-7H,1-5H2,(H,12,19)(H,13,15)(H,17,18). The van der Waals surface area contributed by atoms with E-state index in [1.54, 1.807) is 0 Å². The predicted octanol–water partition coefficient (Wildman–Crippen LogP) is -1.09. The van der Waals surface area contributed by atoms with E-state index in [1.165, 1.54) is 0 Å². The summed E-state index contributed by atoms with van der Waals surface area (Å²) in [6, 6.07) is -0.774. The lowest BCUT2D eigenvalue weighted by Crippen LogP contribution is -2.43. The second-order valence-corrected chi connectivity index (χ2v) is 4.75. The monoisotopic (exact) mass is 269 g/mol. The van der Waals surface area contributed by atoms with Crippen LogP contribution in [0.3, 0.4) is 0 Å². The van der Waals surface area contributed by atoms with Crippen LogP contribution in [0.5, 0.6) is 0 Å². The molecule has 104 valence electrons. The zero-order chi connectivity index (χ0) is 14.0. The number of nitrogens with zero attached hydrogens (tertiary/aromatic N) is 1. The summed E-state index contributed by atoms with van der Waals surface area (Å²) >= 11 is 0. The van der Waals surface area contributed by atoms with Crippen LogP contribution in [0.15, 0.2) is 0 Å². The normalized spacial score (nSPS) is 26.4. The first-order valence-corrected chi connectivity index (χ1v) is 6.07. The lowest BCUT2D eigenvalue weighted by Gasteiger charge is -2.16. The van der Waals surface area contributed by atoms with Crippen LogP contribution < -0.4 is 10.6 Å². The summed E-state index contributed by atoms with van der Waals surface area (Å²) in [7, 11) is 0. The van der Waals surface area contributed by atoms with Crippen molar-refractivity contribution in [3.8, 4) is 0 Å².